The second-order valence-electron chi connectivity index (χ2n) is 5.43. The highest BCUT2D eigenvalue weighted by Gasteiger charge is 2.37. The Morgan fingerprint density at radius 2 is 1.87 bits per heavy atom. The molecule has 0 aromatic heterocycles. The molecule has 0 bridgehead atoms. The van der Waals surface area contributed by atoms with Crippen molar-refractivity contribution in [2.45, 2.75) is 38.2 Å². The van der Waals surface area contributed by atoms with E-state index in [0.29, 0.717) is 22.8 Å². The number of fused-ring (bicyclic) bond motifs is 1. The van der Waals surface area contributed by atoms with Crippen LogP contribution >= 0.6 is 0 Å². The third-order valence-electron chi connectivity index (χ3n) is 4.04. The maximum absolute atomic E-state index is 12.2. The van der Waals surface area contributed by atoms with E-state index in [1.54, 1.807) is 7.11 Å². The van der Waals surface area contributed by atoms with Gasteiger partial charge in [0.15, 0.2) is 11.5 Å². The van der Waals surface area contributed by atoms with Crippen LogP contribution in [-0.2, 0) is 4.74 Å². The number of carbonyl (C=O) groups is 1. The lowest BCUT2D eigenvalue weighted by molar-refractivity contribution is 0.0361. The highest BCUT2D eigenvalue weighted by Crippen LogP contribution is 2.48. The number of benzene rings is 1. The fourth-order valence-corrected chi connectivity index (χ4v) is 2.90. The van der Waals surface area contributed by atoms with Gasteiger partial charge in [-0.3, -0.25) is 0 Å². The molecule has 0 saturated heterocycles. The molecule has 1 aliphatic rings. The Morgan fingerprint density at radius 1 is 1.13 bits per heavy atom. The first-order valence-electron chi connectivity index (χ1n) is 7.82. The predicted molar refractivity (Wildman–Crippen MR) is 87.5 cm³/mol. The van der Waals surface area contributed by atoms with Gasteiger partial charge >= 0.3 is 5.97 Å². The number of ether oxygens (including phenoxy) is 4. The van der Waals surface area contributed by atoms with Crippen molar-refractivity contribution < 1.29 is 23.7 Å². The molecule has 126 valence electrons. The minimum Gasteiger partial charge on any atom is -0.493 e. The number of allylic oxidation sites excluding steroid dienone is 1. The summed E-state index contributed by atoms with van der Waals surface area (Å²) < 4.78 is 21.6. The third-order valence-corrected chi connectivity index (χ3v) is 4.04. The molecule has 5 nitrogen and oxygen atoms in total. The number of carbonyl (C=O) groups excluding carboxylic acids is 1. The van der Waals surface area contributed by atoms with Crippen LogP contribution < -0.4 is 14.2 Å². The average molecular weight is 320 g/mol. The van der Waals surface area contributed by atoms with Gasteiger partial charge in [-0.05, 0) is 31.7 Å². The monoisotopic (exact) mass is 320 g/mol. The van der Waals surface area contributed by atoms with Crippen LogP contribution in [0.25, 0.3) is 0 Å². The second-order valence-corrected chi connectivity index (χ2v) is 5.43. The molecule has 5 heteroatoms. The quantitative estimate of drug-likeness (QED) is 0.390. The Balaban J connectivity index is 2.25. The van der Waals surface area contributed by atoms with Crippen LogP contribution in [0.5, 0.6) is 17.2 Å². The van der Waals surface area contributed by atoms with Gasteiger partial charge in [-0.1, -0.05) is 12.5 Å². The molecule has 23 heavy (non-hydrogen) atoms. The van der Waals surface area contributed by atoms with Gasteiger partial charge in [-0.2, -0.15) is 0 Å². The van der Waals surface area contributed by atoms with Crippen LogP contribution in [0.2, 0.25) is 0 Å². The average Bonchev–Trinajstić information content (AvgIpc) is 2.88. The lowest BCUT2D eigenvalue weighted by atomic mass is 9.98. The first kappa shape index (κ1) is 17.2. The molecule has 1 unspecified atom stereocenters. The van der Waals surface area contributed by atoms with Gasteiger partial charge in [0.25, 0.3) is 0 Å². The summed E-state index contributed by atoms with van der Waals surface area (Å²) in [7, 11) is 4.59. The molecule has 1 aromatic rings. The van der Waals surface area contributed by atoms with E-state index in [2.05, 4.69) is 6.58 Å². The number of hydrogen-bond donors (Lipinski definition) is 0. The first-order valence-corrected chi connectivity index (χ1v) is 7.82. The highest BCUT2D eigenvalue weighted by molar-refractivity contribution is 5.98. The minimum absolute atomic E-state index is 0.255. The lowest BCUT2D eigenvalue weighted by Gasteiger charge is -2.15. The Labute approximate surface area is 137 Å². The largest absolute Gasteiger partial charge is 0.493 e. The SMILES string of the molecule is C=CCCCCCC1OC(=O)c2c1cc(OC)c(OC)c2OC. The molecular weight excluding hydrogens is 296 g/mol. The molecule has 0 aliphatic carbocycles. The normalized spacial score (nSPS) is 15.8. The molecule has 0 radical (unpaired) electrons. The topological polar surface area (TPSA) is 54.0 Å². The molecule has 1 aliphatic heterocycles. The van der Waals surface area contributed by atoms with Crippen molar-refractivity contribution in [1.29, 1.82) is 0 Å². The summed E-state index contributed by atoms with van der Waals surface area (Å²) in [5.41, 5.74) is 1.26. The van der Waals surface area contributed by atoms with Crippen LogP contribution in [0.3, 0.4) is 0 Å². The molecule has 0 saturated carbocycles. The van der Waals surface area contributed by atoms with Gasteiger partial charge in [0.1, 0.15) is 11.7 Å². The zero-order chi connectivity index (χ0) is 16.8. The highest BCUT2D eigenvalue weighted by atomic mass is 16.6. The van der Waals surface area contributed by atoms with E-state index in [0.717, 1.165) is 37.7 Å². The van der Waals surface area contributed by atoms with Crippen LogP contribution in [0.4, 0.5) is 0 Å². The zero-order valence-electron chi connectivity index (χ0n) is 14.0. The molecular formula is C18H24O5. The summed E-state index contributed by atoms with van der Waals surface area (Å²) in [5, 5.41) is 0. The number of hydrogen-bond acceptors (Lipinski definition) is 5. The van der Waals surface area contributed by atoms with Gasteiger partial charge in [0.2, 0.25) is 5.75 Å². The van der Waals surface area contributed by atoms with E-state index in [1.807, 2.05) is 12.1 Å². The number of cyclic esters (lactones) is 1. The summed E-state index contributed by atoms with van der Waals surface area (Å²) in [6.45, 7) is 3.72. The molecule has 1 heterocycles. The molecule has 0 N–H and O–H groups in total. The van der Waals surface area contributed by atoms with Crippen LogP contribution in [-0.4, -0.2) is 27.3 Å². The summed E-state index contributed by atoms with van der Waals surface area (Å²) in [6.07, 6.45) is 6.64. The van der Waals surface area contributed by atoms with Gasteiger partial charge in [-0.25, -0.2) is 4.79 Å². The maximum atomic E-state index is 12.2. The Bertz CT molecular complexity index is 579. The van der Waals surface area contributed by atoms with Gasteiger partial charge in [-0.15, -0.1) is 6.58 Å². The van der Waals surface area contributed by atoms with Crippen molar-refractivity contribution in [3.63, 3.8) is 0 Å². The van der Waals surface area contributed by atoms with E-state index in [1.165, 1.54) is 14.2 Å². The van der Waals surface area contributed by atoms with Crippen molar-refractivity contribution in [2.75, 3.05) is 21.3 Å². The van der Waals surface area contributed by atoms with Gasteiger partial charge < -0.3 is 18.9 Å². The summed E-state index contributed by atoms with van der Waals surface area (Å²) in [4.78, 5) is 12.2. The van der Waals surface area contributed by atoms with Crippen LogP contribution in [0, 0.1) is 0 Å². The number of esters is 1. The van der Waals surface area contributed by atoms with E-state index >= 15 is 0 Å². The Kier molecular flexibility index (Phi) is 5.90. The minimum atomic E-state index is -0.367. The molecule has 1 aromatic carbocycles. The van der Waals surface area contributed by atoms with Crippen molar-refractivity contribution >= 4 is 5.97 Å². The molecule has 0 fully saturated rings. The standard InChI is InChI=1S/C18H24O5/c1-5-6-7-8-9-10-13-12-11-14(20-2)16(21-3)17(22-4)15(12)18(19)23-13/h5,11,13H,1,6-10H2,2-4H3. The van der Waals surface area contributed by atoms with E-state index in [9.17, 15) is 4.79 Å². The fourth-order valence-electron chi connectivity index (χ4n) is 2.90. The maximum Gasteiger partial charge on any atom is 0.343 e. The lowest BCUT2D eigenvalue weighted by Crippen LogP contribution is -2.02. The fraction of sp³-hybridized carbons (Fsp3) is 0.500. The summed E-state index contributed by atoms with van der Waals surface area (Å²) >= 11 is 0. The Hall–Kier alpha value is -2.17. The smallest absolute Gasteiger partial charge is 0.343 e. The molecule has 2 rings (SSSR count). The van der Waals surface area contributed by atoms with Crippen molar-refractivity contribution in [1.82, 2.24) is 0 Å². The molecule has 0 spiro atoms. The Morgan fingerprint density at radius 3 is 2.48 bits per heavy atom. The van der Waals surface area contributed by atoms with Gasteiger partial charge in [0, 0.05) is 5.56 Å². The first-order chi connectivity index (χ1) is 11.2. The van der Waals surface area contributed by atoms with Crippen molar-refractivity contribution in [2.24, 2.45) is 0 Å². The third kappa shape index (κ3) is 3.44. The number of methoxy groups -OCH3 is 3. The number of rotatable bonds is 9. The second kappa shape index (κ2) is 7.90. The predicted octanol–water partition coefficient (Wildman–Crippen LogP) is 4.06. The van der Waals surface area contributed by atoms with Crippen LogP contribution in [0.15, 0.2) is 18.7 Å². The zero-order valence-corrected chi connectivity index (χ0v) is 14.0. The molecule has 0 amide bonds. The van der Waals surface area contributed by atoms with E-state index in [4.69, 9.17) is 18.9 Å². The van der Waals surface area contributed by atoms with Crippen molar-refractivity contribution in [3.8, 4) is 17.2 Å². The summed E-state index contributed by atoms with van der Waals surface area (Å²) in [5.74, 6) is 0.963. The van der Waals surface area contributed by atoms with Crippen molar-refractivity contribution in [3.05, 3.63) is 29.8 Å². The number of unbranched alkanes of at least 4 members (excludes halogenated alkanes) is 3. The van der Waals surface area contributed by atoms with E-state index < -0.39 is 0 Å². The van der Waals surface area contributed by atoms with Gasteiger partial charge in [0.05, 0.1) is 21.3 Å². The molecule has 1 atom stereocenters. The van der Waals surface area contributed by atoms with Crippen LogP contribution in [0.1, 0.15) is 54.1 Å². The van der Waals surface area contributed by atoms with E-state index in [-0.39, 0.29) is 12.1 Å². The summed E-state index contributed by atoms with van der Waals surface area (Å²) in [6, 6.07) is 1.82.